The molecule has 3 atom stereocenters. The molecule has 11 nitrogen and oxygen atoms in total. The first-order chi connectivity index (χ1) is 14.2. The Balaban J connectivity index is 1.78. The molecular weight excluding hydrogens is 465 g/mol. The Bertz CT molecular complexity index is 1020. The van der Waals surface area contributed by atoms with Crippen molar-refractivity contribution in [3.8, 4) is 5.75 Å². The first-order valence-electron chi connectivity index (χ1n) is 8.97. The summed E-state index contributed by atoms with van der Waals surface area (Å²) in [6, 6.07) is 5.93. The van der Waals surface area contributed by atoms with Crippen molar-refractivity contribution < 1.29 is 36.2 Å². The molecular formula is C18H21N3O8Se. The van der Waals surface area contributed by atoms with Crippen LogP contribution in [0, 0.1) is 0 Å². The van der Waals surface area contributed by atoms with Crippen LogP contribution >= 0.6 is 0 Å². The topological polar surface area (TPSA) is 136 Å². The molecule has 2 aromatic rings. The summed E-state index contributed by atoms with van der Waals surface area (Å²) in [4.78, 5) is 26.4. The zero-order valence-corrected chi connectivity index (χ0v) is 18.3. The molecule has 3 rings (SSSR count). The maximum atomic E-state index is 12.8. The Labute approximate surface area is 173 Å². The molecule has 0 spiro atoms. The van der Waals surface area contributed by atoms with Gasteiger partial charge in [0, 0.05) is 0 Å². The molecule has 1 aliphatic heterocycles. The molecule has 0 saturated carbocycles. The van der Waals surface area contributed by atoms with E-state index in [1.165, 1.54) is 56.2 Å². The molecule has 30 heavy (non-hydrogen) atoms. The quantitative estimate of drug-likeness (QED) is 0.372. The number of aromatic nitrogens is 3. The van der Waals surface area contributed by atoms with Crippen molar-refractivity contribution in [2.45, 2.75) is 38.7 Å². The Kier molecular flexibility index (Phi) is 6.49. The molecule has 1 saturated heterocycles. The minimum absolute atomic E-state index is 0.0858. The second kappa shape index (κ2) is 8.90. The summed E-state index contributed by atoms with van der Waals surface area (Å²) >= 11 is -4.83. The van der Waals surface area contributed by atoms with Crippen LogP contribution in [0.15, 0.2) is 30.6 Å². The number of benzene rings is 1. The second-order valence-electron chi connectivity index (χ2n) is 6.50. The Hall–Kier alpha value is -2.82. The van der Waals surface area contributed by atoms with Gasteiger partial charge in [-0.25, -0.2) is 0 Å². The molecule has 2 heterocycles. The number of carbonyl (C=O) groups excluding carboxylic acids is 2. The van der Waals surface area contributed by atoms with Crippen molar-refractivity contribution in [2.75, 3.05) is 13.7 Å². The van der Waals surface area contributed by atoms with E-state index >= 15 is 0 Å². The van der Waals surface area contributed by atoms with Crippen LogP contribution < -0.4 is 13.9 Å². The van der Waals surface area contributed by atoms with Crippen molar-refractivity contribution >= 4 is 33.8 Å². The van der Waals surface area contributed by atoms with Crippen molar-refractivity contribution in [2.24, 2.45) is 0 Å². The van der Waals surface area contributed by atoms with Gasteiger partial charge in [-0.05, 0) is 0 Å². The molecule has 0 aliphatic carbocycles. The van der Waals surface area contributed by atoms with Crippen molar-refractivity contribution in [1.29, 1.82) is 0 Å². The van der Waals surface area contributed by atoms with Gasteiger partial charge >= 0.3 is 174 Å². The van der Waals surface area contributed by atoms with Gasteiger partial charge < -0.3 is 0 Å². The number of nitrogens with zero attached hydrogens (tertiary/aromatic N) is 3. The number of methoxy groups -OCH3 is 1. The first kappa shape index (κ1) is 21.9. The van der Waals surface area contributed by atoms with E-state index in [4.69, 9.17) is 18.9 Å². The zero-order valence-electron chi connectivity index (χ0n) is 16.5. The fourth-order valence-corrected chi connectivity index (χ4v) is 5.22. The summed E-state index contributed by atoms with van der Waals surface area (Å²) in [5.74, 6) is -0.484. The molecule has 1 aromatic heterocycles. The molecule has 0 radical (unpaired) electrons. The van der Waals surface area contributed by atoms with Gasteiger partial charge in [0.1, 0.15) is 0 Å². The average Bonchev–Trinajstić information content (AvgIpc) is 3.33. The third-order valence-corrected chi connectivity index (χ3v) is 7.62. The van der Waals surface area contributed by atoms with E-state index in [1.807, 2.05) is 0 Å². The molecule has 0 N–H and O–H groups in total. The normalized spacial score (nSPS) is 21.2. The molecule has 0 amide bonds. The molecule has 12 heteroatoms. The molecule has 1 aliphatic rings. The van der Waals surface area contributed by atoms with E-state index in [2.05, 4.69) is 10.1 Å². The predicted octanol–water partition coefficient (Wildman–Crippen LogP) is -0.514. The molecule has 0 unspecified atom stereocenters. The average molecular weight is 486 g/mol. The maximum absolute atomic E-state index is 12.8. The van der Waals surface area contributed by atoms with Gasteiger partial charge in [0.25, 0.3) is 0 Å². The molecule has 0 bridgehead atoms. The summed E-state index contributed by atoms with van der Waals surface area (Å²) in [6.07, 6.45) is -0.681. The first-order valence-corrected chi connectivity index (χ1v) is 12.1. The van der Waals surface area contributed by atoms with Gasteiger partial charge in [-0.1, -0.05) is 0 Å². The summed E-state index contributed by atoms with van der Waals surface area (Å²) < 4.78 is 47.7. The standard InChI is InChI=1S/C18H21N3O8Se/c1-11(22)27-9-16-15(28-12(2)23)8-17(29-16)21-10-19-18(20-21)30(24,25)14-6-4-13(26-3)5-7-14/h4-7,10,15-17H,8-9H2,1-3H3/t15-,16+,17+/m0/s1. The molecule has 1 aromatic carbocycles. The summed E-state index contributed by atoms with van der Waals surface area (Å²) in [5.41, 5.74) is 0. The van der Waals surface area contributed by atoms with E-state index < -0.39 is 43.1 Å². The van der Waals surface area contributed by atoms with Gasteiger partial charge in [-0.15, -0.1) is 0 Å². The minimum atomic E-state index is -4.83. The van der Waals surface area contributed by atoms with Crippen LogP contribution in [0.1, 0.15) is 26.5 Å². The monoisotopic (exact) mass is 487 g/mol. The van der Waals surface area contributed by atoms with Gasteiger partial charge in [-0.3, -0.25) is 0 Å². The number of hydrogen-bond donors (Lipinski definition) is 0. The number of carbonyl (C=O) groups is 2. The third kappa shape index (κ3) is 4.83. The number of ether oxygens (including phenoxy) is 4. The van der Waals surface area contributed by atoms with E-state index in [0.29, 0.717) is 5.75 Å². The van der Waals surface area contributed by atoms with Crippen LogP contribution in [0.2, 0.25) is 0 Å². The van der Waals surface area contributed by atoms with E-state index in [1.54, 1.807) is 0 Å². The van der Waals surface area contributed by atoms with Crippen molar-refractivity contribution in [1.82, 2.24) is 14.8 Å². The van der Waals surface area contributed by atoms with Gasteiger partial charge in [-0.2, -0.15) is 0 Å². The third-order valence-electron chi connectivity index (χ3n) is 4.34. The summed E-state index contributed by atoms with van der Waals surface area (Å²) in [7, 11) is 1.48. The Morgan fingerprint density at radius 1 is 1.20 bits per heavy atom. The van der Waals surface area contributed by atoms with Gasteiger partial charge in [0.05, 0.1) is 0 Å². The van der Waals surface area contributed by atoms with Crippen LogP contribution in [0.4, 0.5) is 0 Å². The number of esters is 2. The predicted molar refractivity (Wildman–Crippen MR) is 100 cm³/mol. The summed E-state index contributed by atoms with van der Waals surface area (Å²) in [5, 5.41) is 4.07. The molecule has 162 valence electrons. The van der Waals surface area contributed by atoms with E-state index in [-0.39, 0.29) is 22.2 Å². The SMILES string of the molecule is COc1ccc([Se](=O)(=O)c2ncn([C@H]3C[C@H](OC(C)=O)[C@@H](COC(C)=O)O3)n2)cc1. The Morgan fingerprint density at radius 2 is 1.90 bits per heavy atom. The van der Waals surface area contributed by atoms with Crippen LogP contribution in [-0.2, 0) is 31.5 Å². The second-order valence-corrected chi connectivity index (χ2v) is 10.4. The van der Waals surface area contributed by atoms with Crippen LogP contribution in [0.3, 0.4) is 0 Å². The van der Waals surface area contributed by atoms with E-state index in [0.717, 1.165) is 0 Å². The number of hydrogen-bond acceptors (Lipinski definition) is 10. The van der Waals surface area contributed by atoms with Crippen molar-refractivity contribution in [3.63, 3.8) is 0 Å². The number of rotatable bonds is 7. The van der Waals surface area contributed by atoms with Crippen LogP contribution in [0.25, 0.3) is 0 Å². The Morgan fingerprint density at radius 3 is 2.50 bits per heavy atom. The zero-order chi connectivity index (χ0) is 21.9. The fourth-order valence-electron chi connectivity index (χ4n) is 2.93. The van der Waals surface area contributed by atoms with Gasteiger partial charge in [0.15, 0.2) is 0 Å². The van der Waals surface area contributed by atoms with Crippen molar-refractivity contribution in [3.05, 3.63) is 30.6 Å². The van der Waals surface area contributed by atoms with E-state index in [9.17, 15) is 17.3 Å². The van der Waals surface area contributed by atoms with Gasteiger partial charge in [0.2, 0.25) is 0 Å². The summed E-state index contributed by atoms with van der Waals surface area (Å²) in [6.45, 7) is 2.40. The fraction of sp³-hybridized carbons (Fsp3) is 0.444. The van der Waals surface area contributed by atoms with Crippen LogP contribution in [-0.4, -0.2) is 65.3 Å². The van der Waals surface area contributed by atoms with Crippen LogP contribution in [0.5, 0.6) is 5.75 Å². The molecule has 1 fully saturated rings.